The Balaban J connectivity index is 0.000000740. The lowest BCUT2D eigenvalue weighted by atomic mass is 9.99. The van der Waals surface area contributed by atoms with Crippen molar-refractivity contribution >= 4 is 0 Å². The van der Waals surface area contributed by atoms with Crippen molar-refractivity contribution in [3.8, 4) is 0 Å². The lowest BCUT2D eigenvalue weighted by Crippen LogP contribution is -2.62. The third-order valence-corrected chi connectivity index (χ3v) is 6.75. The molecule has 2 heterocycles. The fraction of sp³-hybridized carbons (Fsp3) is 1.00. The average Bonchev–Trinajstić information content (AvgIpc) is 3.31. The van der Waals surface area contributed by atoms with Gasteiger partial charge in [0.15, 0.2) is 6.29 Å². The van der Waals surface area contributed by atoms with Crippen LogP contribution in [-0.4, -0.2) is 241 Å². The van der Waals surface area contributed by atoms with Crippen LogP contribution in [0.25, 0.3) is 0 Å². The molecule has 0 unspecified atom stereocenters. The third-order valence-electron chi connectivity index (χ3n) is 6.75. The highest BCUT2D eigenvalue weighted by atomic mass is 16.8. The van der Waals surface area contributed by atoms with Crippen molar-refractivity contribution in [3.63, 3.8) is 0 Å². The fourth-order valence-electron chi connectivity index (χ4n) is 3.77. The van der Waals surface area contributed by atoms with Gasteiger partial charge in [-0.2, -0.15) is 0 Å². The molecule has 45 heavy (non-hydrogen) atoms. The Morgan fingerprint density at radius 3 is 1.24 bits per heavy atom. The Labute approximate surface area is 255 Å². The molecule has 0 aliphatic carbocycles. The quantitative estimate of drug-likeness (QED) is 0.0811. The Morgan fingerprint density at radius 1 is 0.511 bits per heavy atom. The zero-order valence-corrected chi connectivity index (χ0v) is 23.8. The molecule has 16 atom stereocenters. The van der Waals surface area contributed by atoms with Crippen LogP contribution in [0, 0.1) is 0 Å². The number of rotatable bonds is 14. The van der Waals surface area contributed by atoms with Crippen LogP contribution in [-0.2, 0) is 14.2 Å². The van der Waals surface area contributed by atoms with Crippen LogP contribution < -0.4 is 0 Å². The second kappa shape index (κ2) is 21.2. The maximum atomic E-state index is 10.00. The van der Waals surface area contributed by atoms with E-state index in [1.54, 1.807) is 0 Å². The van der Waals surface area contributed by atoms with Gasteiger partial charge in [0.05, 0.1) is 39.6 Å². The van der Waals surface area contributed by atoms with Crippen molar-refractivity contribution < 1.29 is 111 Å². The summed E-state index contributed by atoms with van der Waals surface area (Å²) in [6, 6.07) is 0. The van der Waals surface area contributed by atoms with E-state index in [1.165, 1.54) is 0 Å². The number of ether oxygens (including phenoxy) is 3. The van der Waals surface area contributed by atoms with E-state index in [9.17, 15) is 30.6 Å². The molecule has 22 heteroatoms. The summed E-state index contributed by atoms with van der Waals surface area (Å²) in [4.78, 5) is 0. The summed E-state index contributed by atoms with van der Waals surface area (Å²) < 4.78 is 15.4. The van der Waals surface area contributed by atoms with Gasteiger partial charge in [-0.3, -0.25) is 0 Å². The molecule has 0 aromatic heterocycles. The van der Waals surface area contributed by atoms with Crippen LogP contribution in [0.4, 0.5) is 0 Å². The van der Waals surface area contributed by atoms with Crippen LogP contribution in [0.1, 0.15) is 0 Å². The molecule has 0 radical (unpaired) electrons. The lowest BCUT2D eigenvalue weighted by Gasteiger charge is -2.43. The Morgan fingerprint density at radius 2 is 0.911 bits per heavy atom. The van der Waals surface area contributed by atoms with Crippen LogP contribution in [0.3, 0.4) is 0 Å². The van der Waals surface area contributed by atoms with Gasteiger partial charge in [0, 0.05) is 0 Å². The van der Waals surface area contributed by atoms with Gasteiger partial charge in [-0.25, -0.2) is 0 Å². The highest BCUT2D eigenvalue weighted by molar-refractivity contribution is 4.98. The molecule has 0 bridgehead atoms. The molecule has 0 saturated carbocycles. The van der Waals surface area contributed by atoms with E-state index in [0.717, 1.165) is 0 Å². The minimum atomic E-state index is -2.22. The van der Waals surface area contributed by atoms with Crippen molar-refractivity contribution in [1.82, 2.24) is 0 Å². The summed E-state index contributed by atoms with van der Waals surface area (Å²) in [6.45, 7) is -5.06. The minimum absolute atomic E-state index is 0.641. The average molecular weight is 677 g/mol. The van der Waals surface area contributed by atoms with Gasteiger partial charge in [0.25, 0.3) is 0 Å². The largest absolute Gasteiger partial charge is 0.394 e. The van der Waals surface area contributed by atoms with Crippen molar-refractivity contribution in [3.05, 3.63) is 0 Å². The van der Waals surface area contributed by atoms with Gasteiger partial charge < -0.3 is 111 Å². The smallest absolute Gasteiger partial charge is 0.224 e. The first-order chi connectivity index (χ1) is 21.0. The molecule has 0 spiro atoms. The Hall–Kier alpha value is -0.880. The maximum absolute atomic E-state index is 10.00. The van der Waals surface area contributed by atoms with E-state index in [4.69, 9.17) is 80.6 Å². The number of aliphatic hydroxyl groups excluding tert-OH is 19. The normalized spacial score (nSPS) is 36.3. The van der Waals surface area contributed by atoms with Gasteiger partial charge in [-0.15, -0.1) is 0 Å². The molecule has 272 valence electrons. The van der Waals surface area contributed by atoms with E-state index in [0.29, 0.717) is 0 Å². The topological polar surface area (TPSA) is 412 Å². The van der Waals surface area contributed by atoms with Crippen LogP contribution in [0.15, 0.2) is 0 Å². The molecular formula is C23H48O22. The highest BCUT2D eigenvalue weighted by Crippen LogP contribution is 2.35. The predicted molar refractivity (Wildman–Crippen MR) is 139 cm³/mol. The monoisotopic (exact) mass is 676 g/mol. The van der Waals surface area contributed by atoms with Crippen molar-refractivity contribution in [2.45, 2.75) is 97.5 Å². The molecular weight excluding hydrogens is 628 g/mol. The van der Waals surface area contributed by atoms with E-state index in [1.807, 2.05) is 0 Å². The number of hydrogen-bond acceptors (Lipinski definition) is 22. The number of aliphatic hydroxyl groups is 19. The van der Waals surface area contributed by atoms with Crippen molar-refractivity contribution in [2.24, 2.45) is 0 Å². The van der Waals surface area contributed by atoms with E-state index < -0.39 is 144 Å². The first-order valence-electron chi connectivity index (χ1n) is 13.4. The molecule has 2 aliphatic heterocycles. The fourth-order valence-corrected chi connectivity index (χ4v) is 3.77. The third kappa shape index (κ3) is 11.9. The summed E-state index contributed by atoms with van der Waals surface area (Å²) in [6.07, 6.45) is -23.3. The summed E-state index contributed by atoms with van der Waals surface area (Å²) >= 11 is 0. The van der Waals surface area contributed by atoms with Gasteiger partial charge in [0.1, 0.15) is 92.1 Å². The first-order valence-corrected chi connectivity index (χ1v) is 13.4. The summed E-state index contributed by atoms with van der Waals surface area (Å²) in [5, 5.41) is 171. The van der Waals surface area contributed by atoms with Gasteiger partial charge in [0.2, 0.25) is 5.79 Å². The second-order valence-electron chi connectivity index (χ2n) is 10.0. The standard InChI is InChI=1S/C12H22O11.C6H14O6.C5H12O5/c13-1-4-6(16)8(18)9(19)11(21-4)23-12(3-15)10(20)7(17)5(2-14)22-12;7-1-3(9)5(11)6(12)4(10)2-8;6-1-3(8)5(10)4(9)2-7/h4-11,13-20H,1-3H2;3-12H,1-2H2;3-10H,1-2H2/t4-,5-,6-,7-,8+,9-,10+,11-,12+;3-,4+,5-,6-;3-,4+,5+/m11./s1. The molecule has 0 amide bonds. The second-order valence-corrected chi connectivity index (χ2v) is 10.0. The minimum Gasteiger partial charge on any atom is -0.394 e. The van der Waals surface area contributed by atoms with Crippen molar-refractivity contribution in [2.75, 3.05) is 46.2 Å². The van der Waals surface area contributed by atoms with Crippen LogP contribution >= 0.6 is 0 Å². The molecule has 2 rings (SSSR count). The summed E-state index contributed by atoms with van der Waals surface area (Å²) in [7, 11) is 0. The van der Waals surface area contributed by atoms with Crippen molar-refractivity contribution in [1.29, 1.82) is 0 Å². The molecule has 0 aromatic rings. The maximum Gasteiger partial charge on any atom is 0.224 e. The van der Waals surface area contributed by atoms with Gasteiger partial charge in [-0.1, -0.05) is 0 Å². The molecule has 0 aromatic carbocycles. The van der Waals surface area contributed by atoms with E-state index in [2.05, 4.69) is 0 Å². The van der Waals surface area contributed by atoms with Crippen LogP contribution in [0.5, 0.6) is 0 Å². The highest BCUT2D eigenvalue weighted by Gasteiger charge is 2.58. The predicted octanol–water partition coefficient (Wildman–Crippen LogP) is -11.9. The van der Waals surface area contributed by atoms with Gasteiger partial charge >= 0.3 is 0 Å². The first kappa shape index (κ1) is 44.1. The van der Waals surface area contributed by atoms with Gasteiger partial charge in [-0.05, 0) is 0 Å². The summed E-state index contributed by atoms with van der Waals surface area (Å²) in [5.74, 6) is -2.22. The number of hydrogen-bond donors (Lipinski definition) is 19. The Bertz CT molecular complexity index is 743. The zero-order valence-electron chi connectivity index (χ0n) is 23.8. The van der Waals surface area contributed by atoms with Crippen LogP contribution in [0.2, 0.25) is 0 Å². The van der Waals surface area contributed by atoms with E-state index >= 15 is 0 Å². The molecule has 2 fully saturated rings. The Kier molecular flexibility index (Phi) is 20.8. The lowest BCUT2D eigenvalue weighted by molar-refractivity contribution is -0.383. The zero-order chi connectivity index (χ0) is 35.2. The van der Waals surface area contributed by atoms with E-state index in [-0.39, 0.29) is 0 Å². The molecule has 22 nitrogen and oxygen atoms in total. The molecule has 2 saturated heterocycles. The summed E-state index contributed by atoms with van der Waals surface area (Å²) in [5.41, 5.74) is 0. The SMILES string of the molecule is OC[C@@H](O)[C@@H](O)[C@H](O)[C@@H](O)CO.OC[C@@H](O)[C@H](O)[C@@H](O)CO.OC[C@H]1O[C@@](CO)(O[C@H]2O[C@H](CO)[C@@H](O)[C@H](O)[C@H]2O)[C@@H](O)[C@@H]1O. The molecule has 2 aliphatic rings. The molecule has 19 N–H and O–H groups in total.